The number of nitrogens with one attached hydrogen (secondary N) is 2. The largest absolute Gasteiger partial charge is 0.347 e. The topological polar surface area (TPSA) is 61.4 Å². The molecule has 0 aliphatic rings. The minimum Gasteiger partial charge on any atom is -0.347 e. The summed E-state index contributed by atoms with van der Waals surface area (Å²) < 4.78 is 0. The van der Waals surface area contributed by atoms with Crippen molar-refractivity contribution < 1.29 is 9.59 Å². The Morgan fingerprint density at radius 3 is 2.28 bits per heavy atom. The zero-order valence-corrected chi connectivity index (χ0v) is 15.2. The van der Waals surface area contributed by atoms with Crippen molar-refractivity contribution in [3.8, 4) is 11.1 Å². The Labute approximate surface area is 149 Å². The van der Waals surface area contributed by atoms with Gasteiger partial charge in [0.05, 0.1) is 0 Å². The van der Waals surface area contributed by atoms with Crippen LogP contribution in [0.5, 0.6) is 0 Å². The first kappa shape index (κ1) is 18.5. The number of nitrogens with zero attached hydrogens (tertiary/aromatic N) is 1. The van der Waals surface area contributed by atoms with E-state index in [-0.39, 0.29) is 11.9 Å². The maximum absolute atomic E-state index is 12.1. The third-order valence-electron chi connectivity index (χ3n) is 3.95. The zero-order valence-electron chi connectivity index (χ0n) is 15.2. The van der Waals surface area contributed by atoms with Gasteiger partial charge in [0, 0.05) is 19.8 Å². The number of rotatable bonds is 5. The molecule has 0 saturated carbocycles. The van der Waals surface area contributed by atoms with E-state index in [9.17, 15) is 9.59 Å². The summed E-state index contributed by atoms with van der Waals surface area (Å²) in [6.07, 6.45) is 0.538. The first-order chi connectivity index (χ1) is 11.9. The van der Waals surface area contributed by atoms with Crippen LogP contribution in [0.1, 0.15) is 18.9 Å². The molecule has 5 heteroatoms. The van der Waals surface area contributed by atoms with E-state index in [0.717, 1.165) is 11.1 Å². The highest BCUT2D eigenvalue weighted by Gasteiger charge is 2.20. The molecule has 0 saturated heterocycles. The molecule has 0 spiro atoms. The van der Waals surface area contributed by atoms with Crippen LogP contribution in [0, 0.1) is 6.92 Å². The Bertz CT molecular complexity index is 739. The Morgan fingerprint density at radius 2 is 1.72 bits per heavy atom. The number of amides is 3. The van der Waals surface area contributed by atoms with Crippen LogP contribution >= 0.6 is 0 Å². The number of benzene rings is 2. The second-order valence-corrected chi connectivity index (χ2v) is 6.24. The van der Waals surface area contributed by atoms with Crippen molar-refractivity contribution in [2.45, 2.75) is 26.3 Å². The minimum absolute atomic E-state index is 0.118. The second kappa shape index (κ2) is 8.33. The second-order valence-electron chi connectivity index (χ2n) is 6.24. The maximum Gasteiger partial charge on any atom is 0.319 e. The van der Waals surface area contributed by atoms with E-state index < -0.39 is 6.04 Å². The van der Waals surface area contributed by atoms with E-state index in [1.165, 1.54) is 10.5 Å². The fraction of sp³-hybridized carbons (Fsp3) is 0.300. The van der Waals surface area contributed by atoms with Gasteiger partial charge < -0.3 is 15.5 Å². The molecule has 5 nitrogen and oxygen atoms in total. The average Bonchev–Trinajstić information content (AvgIpc) is 2.59. The molecule has 2 aromatic carbocycles. The van der Waals surface area contributed by atoms with Gasteiger partial charge in [0.1, 0.15) is 6.04 Å². The van der Waals surface area contributed by atoms with E-state index in [1.54, 1.807) is 14.1 Å². The highest BCUT2D eigenvalue weighted by Crippen LogP contribution is 2.22. The van der Waals surface area contributed by atoms with Crippen LogP contribution < -0.4 is 10.6 Å². The predicted molar refractivity (Wildman–Crippen MR) is 102 cm³/mol. The first-order valence-corrected chi connectivity index (χ1v) is 8.36. The lowest BCUT2D eigenvalue weighted by Crippen LogP contribution is -2.47. The van der Waals surface area contributed by atoms with Crippen molar-refractivity contribution in [3.05, 3.63) is 54.1 Å². The molecule has 0 bridgehead atoms. The maximum atomic E-state index is 12.1. The number of carbonyl (C=O) groups is 2. The molecule has 1 atom stereocenters. The van der Waals surface area contributed by atoms with Gasteiger partial charge in [-0.1, -0.05) is 48.9 Å². The standard InChI is InChI=1S/C20H25N3O2/c1-5-18(19(24)23(3)4)22-20(25)21-17-11-9-15(10-12-17)16-8-6-7-14(2)13-16/h6-13,18H,5H2,1-4H3,(H2,21,22,25). The summed E-state index contributed by atoms with van der Waals surface area (Å²) in [6, 6.07) is 15.0. The first-order valence-electron chi connectivity index (χ1n) is 8.36. The van der Waals surface area contributed by atoms with Gasteiger partial charge in [-0.15, -0.1) is 0 Å². The molecule has 0 heterocycles. The molecule has 132 valence electrons. The smallest absolute Gasteiger partial charge is 0.319 e. The van der Waals surface area contributed by atoms with Crippen molar-refractivity contribution >= 4 is 17.6 Å². The van der Waals surface area contributed by atoms with Crippen LogP contribution in [0.3, 0.4) is 0 Å². The average molecular weight is 339 g/mol. The van der Waals surface area contributed by atoms with Gasteiger partial charge >= 0.3 is 6.03 Å². The molecule has 0 aliphatic carbocycles. The number of anilines is 1. The molecule has 25 heavy (non-hydrogen) atoms. The third-order valence-corrected chi connectivity index (χ3v) is 3.95. The van der Waals surface area contributed by atoms with Gasteiger partial charge in [0.25, 0.3) is 0 Å². The van der Waals surface area contributed by atoms with Gasteiger partial charge in [-0.05, 0) is 36.6 Å². The van der Waals surface area contributed by atoms with Crippen LogP contribution in [0.15, 0.2) is 48.5 Å². The Morgan fingerprint density at radius 1 is 1.04 bits per heavy atom. The minimum atomic E-state index is -0.526. The van der Waals surface area contributed by atoms with Crippen LogP contribution in [0.25, 0.3) is 11.1 Å². The number of carbonyl (C=O) groups excluding carboxylic acids is 2. The highest BCUT2D eigenvalue weighted by atomic mass is 16.2. The molecule has 0 aliphatic heterocycles. The van der Waals surface area contributed by atoms with Crippen LogP contribution in [-0.4, -0.2) is 37.0 Å². The van der Waals surface area contributed by atoms with Crippen molar-refractivity contribution in [3.63, 3.8) is 0 Å². The molecule has 0 aromatic heterocycles. The van der Waals surface area contributed by atoms with Crippen LogP contribution in [-0.2, 0) is 4.79 Å². The van der Waals surface area contributed by atoms with Crippen molar-refractivity contribution in [1.29, 1.82) is 0 Å². The summed E-state index contributed by atoms with van der Waals surface area (Å²) in [5.41, 5.74) is 4.11. The van der Waals surface area contributed by atoms with Gasteiger partial charge in [-0.3, -0.25) is 4.79 Å². The van der Waals surface area contributed by atoms with Crippen LogP contribution in [0.2, 0.25) is 0 Å². The van der Waals surface area contributed by atoms with Crippen LogP contribution in [0.4, 0.5) is 10.5 Å². The molecular weight excluding hydrogens is 314 g/mol. The van der Waals surface area contributed by atoms with Crippen molar-refractivity contribution in [1.82, 2.24) is 10.2 Å². The number of likely N-dealkylation sites (N-methyl/N-ethyl adjacent to an activating group) is 1. The molecule has 3 amide bonds. The summed E-state index contributed by atoms with van der Waals surface area (Å²) in [7, 11) is 3.35. The number of hydrogen-bond acceptors (Lipinski definition) is 2. The van der Waals surface area contributed by atoms with E-state index >= 15 is 0 Å². The van der Waals surface area contributed by atoms with Crippen molar-refractivity contribution in [2.75, 3.05) is 19.4 Å². The lowest BCUT2D eigenvalue weighted by molar-refractivity contribution is -0.130. The normalized spacial score (nSPS) is 11.5. The monoisotopic (exact) mass is 339 g/mol. The Hall–Kier alpha value is -2.82. The fourth-order valence-corrected chi connectivity index (χ4v) is 2.55. The number of urea groups is 1. The molecule has 2 N–H and O–H groups in total. The third kappa shape index (κ3) is 5.08. The quantitative estimate of drug-likeness (QED) is 0.873. The molecule has 1 unspecified atom stereocenters. The molecule has 0 fully saturated rings. The zero-order chi connectivity index (χ0) is 18.4. The van der Waals surface area contributed by atoms with Gasteiger partial charge in [0.15, 0.2) is 0 Å². The lowest BCUT2D eigenvalue weighted by Gasteiger charge is -2.20. The van der Waals surface area contributed by atoms with Crippen molar-refractivity contribution in [2.24, 2.45) is 0 Å². The number of aryl methyl sites for hydroxylation is 1. The highest BCUT2D eigenvalue weighted by molar-refractivity contribution is 5.93. The summed E-state index contributed by atoms with van der Waals surface area (Å²) >= 11 is 0. The predicted octanol–water partition coefficient (Wildman–Crippen LogP) is 3.65. The van der Waals surface area contributed by atoms with Gasteiger partial charge in [-0.2, -0.15) is 0 Å². The summed E-state index contributed by atoms with van der Waals surface area (Å²) in [4.78, 5) is 25.6. The van der Waals surface area contributed by atoms with E-state index in [1.807, 2.05) is 37.3 Å². The summed E-state index contributed by atoms with van der Waals surface area (Å²) in [5.74, 6) is -0.118. The fourth-order valence-electron chi connectivity index (χ4n) is 2.55. The number of hydrogen-bond donors (Lipinski definition) is 2. The molecule has 2 rings (SSSR count). The summed E-state index contributed by atoms with van der Waals surface area (Å²) in [6.45, 7) is 3.92. The Balaban J connectivity index is 2.01. The lowest BCUT2D eigenvalue weighted by atomic mass is 10.0. The van der Waals surface area contributed by atoms with Gasteiger partial charge in [-0.25, -0.2) is 4.79 Å². The Kier molecular flexibility index (Phi) is 6.17. The molecular formula is C20H25N3O2. The van der Waals surface area contributed by atoms with E-state index in [2.05, 4.69) is 35.8 Å². The SMILES string of the molecule is CCC(NC(=O)Nc1ccc(-c2cccc(C)c2)cc1)C(=O)N(C)C. The van der Waals surface area contributed by atoms with Gasteiger partial charge in [0.2, 0.25) is 5.91 Å². The molecule has 2 aromatic rings. The van der Waals surface area contributed by atoms with E-state index in [0.29, 0.717) is 12.1 Å². The van der Waals surface area contributed by atoms with E-state index in [4.69, 9.17) is 0 Å². The molecule has 0 radical (unpaired) electrons. The summed E-state index contributed by atoms with van der Waals surface area (Å²) in [5, 5.41) is 5.48.